The molecule has 1 saturated carbocycles. The number of nitrogens with two attached hydrogens (primary N) is 1. The number of anilines is 1. The van der Waals surface area contributed by atoms with Gasteiger partial charge < -0.3 is 15.8 Å². The van der Waals surface area contributed by atoms with Crippen molar-refractivity contribution < 1.29 is 9.53 Å². The zero-order valence-corrected chi connectivity index (χ0v) is 9.32. The first-order valence-electron chi connectivity index (χ1n) is 5.54. The standard InChI is InChI=1S/C12H16N2O2/c1-2-16-10-5-3-4-9(13)11(10)12(15)14-8-6-7-8/h3-5,8H,2,6-7,13H2,1H3,(H,14,15). The minimum atomic E-state index is -0.135. The Morgan fingerprint density at radius 2 is 2.31 bits per heavy atom. The molecule has 0 bridgehead atoms. The molecule has 0 aliphatic heterocycles. The first kappa shape index (κ1) is 10.8. The van der Waals surface area contributed by atoms with Crippen LogP contribution >= 0.6 is 0 Å². The van der Waals surface area contributed by atoms with Crippen molar-refractivity contribution in [2.75, 3.05) is 12.3 Å². The van der Waals surface area contributed by atoms with E-state index >= 15 is 0 Å². The average molecular weight is 220 g/mol. The van der Waals surface area contributed by atoms with E-state index in [1.165, 1.54) is 0 Å². The fraction of sp³-hybridized carbons (Fsp3) is 0.417. The monoisotopic (exact) mass is 220 g/mol. The van der Waals surface area contributed by atoms with Gasteiger partial charge in [-0.05, 0) is 31.9 Å². The molecular formula is C12H16N2O2. The second-order valence-electron chi connectivity index (χ2n) is 3.90. The Morgan fingerprint density at radius 3 is 2.94 bits per heavy atom. The maximum absolute atomic E-state index is 11.9. The Labute approximate surface area is 94.8 Å². The highest BCUT2D eigenvalue weighted by Crippen LogP contribution is 2.26. The predicted molar refractivity (Wildman–Crippen MR) is 62.5 cm³/mol. The molecule has 1 amide bonds. The highest BCUT2D eigenvalue weighted by Gasteiger charge is 2.26. The topological polar surface area (TPSA) is 64.3 Å². The van der Waals surface area contributed by atoms with Gasteiger partial charge >= 0.3 is 0 Å². The summed E-state index contributed by atoms with van der Waals surface area (Å²) in [6, 6.07) is 5.59. The summed E-state index contributed by atoms with van der Waals surface area (Å²) in [6.07, 6.45) is 2.12. The zero-order valence-electron chi connectivity index (χ0n) is 9.32. The summed E-state index contributed by atoms with van der Waals surface area (Å²) in [5.74, 6) is 0.421. The Morgan fingerprint density at radius 1 is 1.56 bits per heavy atom. The maximum Gasteiger partial charge on any atom is 0.257 e. The number of nitrogens with one attached hydrogen (secondary N) is 1. The molecule has 1 aromatic rings. The summed E-state index contributed by atoms with van der Waals surface area (Å²) in [5.41, 5.74) is 6.72. The van der Waals surface area contributed by atoms with Crippen molar-refractivity contribution in [1.82, 2.24) is 5.32 Å². The van der Waals surface area contributed by atoms with Crippen molar-refractivity contribution >= 4 is 11.6 Å². The third-order valence-electron chi connectivity index (χ3n) is 2.50. The number of hydrogen-bond acceptors (Lipinski definition) is 3. The molecule has 0 radical (unpaired) electrons. The molecule has 0 unspecified atom stereocenters. The van der Waals surface area contributed by atoms with Gasteiger partial charge in [0.1, 0.15) is 11.3 Å². The van der Waals surface area contributed by atoms with Gasteiger partial charge in [-0.25, -0.2) is 0 Å². The summed E-state index contributed by atoms with van der Waals surface area (Å²) in [7, 11) is 0. The molecule has 0 spiro atoms. The van der Waals surface area contributed by atoms with Crippen LogP contribution in [0.2, 0.25) is 0 Å². The SMILES string of the molecule is CCOc1cccc(N)c1C(=O)NC1CC1. The van der Waals surface area contributed by atoms with Gasteiger partial charge in [-0.3, -0.25) is 4.79 Å². The summed E-state index contributed by atoms with van der Waals surface area (Å²) >= 11 is 0. The van der Waals surface area contributed by atoms with Crippen LogP contribution in [0, 0.1) is 0 Å². The first-order valence-corrected chi connectivity index (χ1v) is 5.54. The molecule has 0 atom stereocenters. The molecule has 1 aliphatic rings. The number of carbonyl (C=O) groups is 1. The smallest absolute Gasteiger partial charge is 0.257 e. The minimum Gasteiger partial charge on any atom is -0.493 e. The number of nitrogen functional groups attached to an aromatic ring is 1. The van der Waals surface area contributed by atoms with Gasteiger partial charge in [0.05, 0.1) is 6.61 Å². The zero-order chi connectivity index (χ0) is 11.5. The number of hydrogen-bond donors (Lipinski definition) is 2. The molecule has 1 fully saturated rings. The highest BCUT2D eigenvalue weighted by molar-refractivity contribution is 6.02. The van der Waals surface area contributed by atoms with E-state index in [2.05, 4.69) is 5.32 Å². The number of rotatable bonds is 4. The Bertz CT molecular complexity index is 400. The Kier molecular flexibility index (Phi) is 2.99. The van der Waals surface area contributed by atoms with Gasteiger partial charge in [0.25, 0.3) is 5.91 Å². The lowest BCUT2D eigenvalue weighted by Gasteiger charge is -2.12. The molecule has 16 heavy (non-hydrogen) atoms. The van der Waals surface area contributed by atoms with Gasteiger partial charge in [0.2, 0.25) is 0 Å². The first-order chi connectivity index (χ1) is 7.72. The molecule has 0 saturated heterocycles. The third kappa shape index (κ3) is 2.27. The molecule has 4 nitrogen and oxygen atoms in total. The van der Waals surface area contributed by atoms with E-state index in [1.54, 1.807) is 18.2 Å². The molecule has 2 rings (SSSR count). The lowest BCUT2D eigenvalue weighted by atomic mass is 10.1. The fourth-order valence-corrected chi connectivity index (χ4v) is 1.55. The van der Waals surface area contributed by atoms with Crippen LogP contribution in [0.25, 0.3) is 0 Å². The number of ether oxygens (including phenoxy) is 1. The van der Waals surface area contributed by atoms with Gasteiger partial charge in [-0.1, -0.05) is 6.07 Å². The quantitative estimate of drug-likeness (QED) is 0.757. The molecule has 86 valence electrons. The summed E-state index contributed by atoms with van der Waals surface area (Å²) in [5, 5.41) is 2.91. The van der Waals surface area contributed by atoms with Crippen LogP contribution in [0.4, 0.5) is 5.69 Å². The van der Waals surface area contributed by atoms with Crippen LogP contribution in [0.3, 0.4) is 0 Å². The van der Waals surface area contributed by atoms with Crippen molar-refractivity contribution in [3.8, 4) is 5.75 Å². The van der Waals surface area contributed by atoms with E-state index in [4.69, 9.17) is 10.5 Å². The summed E-state index contributed by atoms with van der Waals surface area (Å²) in [6.45, 7) is 2.40. The summed E-state index contributed by atoms with van der Waals surface area (Å²) < 4.78 is 5.40. The van der Waals surface area contributed by atoms with E-state index < -0.39 is 0 Å². The molecule has 3 N–H and O–H groups in total. The molecule has 0 heterocycles. The minimum absolute atomic E-state index is 0.135. The predicted octanol–water partition coefficient (Wildman–Crippen LogP) is 1.56. The maximum atomic E-state index is 11.9. The van der Waals surface area contributed by atoms with E-state index in [-0.39, 0.29) is 5.91 Å². The largest absolute Gasteiger partial charge is 0.493 e. The van der Waals surface area contributed by atoms with Crippen LogP contribution < -0.4 is 15.8 Å². The van der Waals surface area contributed by atoms with Crippen molar-refractivity contribution in [2.24, 2.45) is 0 Å². The van der Waals surface area contributed by atoms with Gasteiger partial charge in [0.15, 0.2) is 0 Å². The number of benzene rings is 1. The number of carbonyl (C=O) groups excluding carboxylic acids is 1. The second-order valence-corrected chi connectivity index (χ2v) is 3.90. The van der Waals surface area contributed by atoms with Gasteiger partial charge in [-0.15, -0.1) is 0 Å². The molecule has 1 aromatic carbocycles. The molecular weight excluding hydrogens is 204 g/mol. The van der Waals surface area contributed by atoms with Crippen molar-refractivity contribution in [3.05, 3.63) is 23.8 Å². The van der Waals surface area contributed by atoms with E-state index in [9.17, 15) is 4.79 Å². The van der Waals surface area contributed by atoms with Crippen LogP contribution in [-0.4, -0.2) is 18.6 Å². The lowest BCUT2D eigenvalue weighted by Crippen LogP contribution is -2.26. The van der Waals surface area contributed by atoms with Crippen molar-refractivity contribution in [1.29, 1.82) is 0 Å². The molecule has 0 aromatic heterocycles. The van der Waals surface area contributed by atoms with Gasteiger partial charge in [0, 0.05) is 11.7 Å². The van der Waals surface area contributed by atoms with E-state index in [1.807, 2.05) is 6.92 Å². The highest BCUT2D eigenvalue weighted by atomic mass is 16.5. The fourth-order valence-electron chi connectivity index (χ4n) is 1.55. The van der Waals surface area contributed by atoms with Gasteiger partial charge in [-0.2, -0.15) is 0 Å². The Balaban J connectivity index is 2.24. The Hall–Kier alpha value is -1.71. The summed E-state index contributed by atoms with van der Waals surface area (Å²) in [4.78, 5) is 11.9. The lowest BCUT2D eigenvalue weighted by molar-refractivity contribution is 0.0948. The average Bonchev–Trinajstić information content (AvgIpc) is 3.02. The number of amides is 1. The third-order valence-corrected chi connectivity index (χ3v) is 2.50. The van der Waals surface area contributed by atoms with Crippen LogP contribution in [-0.2, 0) is 0 Å². The van der Waals surface area contributed by atoms with E-state index in [0.29, 0.717) is 29.6 Å². The second kappa shape index (κ2) is 4.43. The van der Waals surface area contributed by atoms with Crippen LogP contribution in [0.1, 0.15) is 30.1 Å². The van der Waals surface area contributed by atoms with Crippen LogP contribution in [0.15, 0.2) is 18.2 Å². The van der Waals surface area contributed by atoms with E-state index in [0.717, 1.165) is 12.8 Å². The van der Waals surface area contributed by atoms with Crippen LogP contribution in [0.5, 0.6) is 5.75 Å². The van der Waals surface area contributed by atoms with Crippen molar-refractivity contribution in [2.45, 2.75) is 25.8 Å². The normalized spacial score (nSPS) is 14.6. The molecule has 4 heteroatoms. The van der Waals surface area contributed by atoms with Crippen molar-refractivity contribution in [3.63, 3.8) is 0 Å². The molecule has 1 aliphatic carbocycles.